The first-order valence-corrected chi connectivity index (χ1v) is 3.14. The first-order chi connectivity index (χ1) is 5.38. The molecule has 57 valence electrons. The minimum absolute atomic E-state index is 0.589. The van der Waals surface area contributed by atoms with Gasteiger partial charge >= 0.3 is 0 Å². The second-order valence-corrected chi connectivity index (χ2v) is 1.86. The van der Waals surface area contributed by atoms with Crippen LogP contribution >= 0.6 is 0 Å². The normalized spacial score (nSPS) is 9.18. The molecule has 0 fully saturated rings. The smallest absolute Gasteiger partial charge is 0.238 e. The number of para-hydroxylation sites is 1. The molecule has 3 nitrogen and oxygen atoms in total. The molecule has 0 saturated heterocycles. The quantitative estimate of drug-likeness (QED) is 0.475. The molecule has 3 heteroatoms. The highest BCUT2D eigenvalue weighted by Crippen LogP contribution is 2.09. The summed E-state index contributed by atoms with van der Waals surface area (Å²) >= 11 is 0. The number of hydrogen-bond acceptors (Lipinski definition) is 2. The van der Waals surface area contributed by atoms with E-state index < -0.39 is 0 Å². The first-order valence-electron chi connectivity index (χ1n) is 3.14. The van der Waals surface area contributed by atoms with E-state index in [1.807, 2.05) is 6.07 Å². The fraction of sp³-hybridized carbons (Fsp3) is 0.125. The summed E-state index contributed by atoms with van der Waals surface area (Å²) in [5.41, 5.74) is 0.602. The Morgan fingerprint density at radius 1 is 1.64 bits per heavy atom. The van der Waals surface area contributed by atoms with Crippen LogP contribution in [0.25, 0.3) is 0 Å². The number of hydroxylamine groups is 1. The Kier molecular flexibility index (Phi) is 2.63. The summed E-state index contributed by atoms with van der Waals surface area (Å²) in [6, 6.07) is 9.92. The number of nitrogens with zero attached hydrogens (tertiary/aromatic N) is 1. The number of hydrogen-bond donors (Lipinski definition) is 0. The number of anilines is 1. The molecule has 0 aliphatic rings. The van der Waals surface area contributed by atoms with Crippen LogP contribution in [0.15, 0.2) is 24.3 Å². The SMILES string of the molecule is CON(C=O)c1[c]cccc1. The maximum absolute atomic E-state index is 10.3. The molecule has 0 unspecified atom stereocenters. The van der Waals surface area contributed by atoms with Crippen molar-refractivity contribution < 1.29 is 9.63 Å². The van der Waals surface area contributed by atoms with Crippen LogP contribution in [0.2, 0.25) is 0 Å². The van der Waals surface area contributed by atoms with Crippen molar-refractivity contribution in [2.75, 3.05) is 12.2 Å². The van der Waals surface area contributed by atoms with Gasteiger partial charge in [-0.05, 0) is 6.07 Å². The lowest BCUT2D eigenvalue weighted by Crippen LogP contribution is -2.18. The Hall–Kier alpha value is -1.35. The molecule has 1 radical (unpaired) electrons. The van der Waals surface area contributed by atoms with Gasteiger partial charge in [-0.2, -0.15) is 5.06 Å². The summed E-state index contributed by atoms with van der Waals surface area (Å²) in [7, 11) is 1.43. The summed E-state index contributed by atoms with van der Waals surface area (Å²) < 4.78 is 0. The molecule has 0 N–H and O–H groups in total. The van der Waals surface area contributed by atoms with Crippen molar-refractivity contribution >= 4 is 12.1 Å². The molecular formula is C8H8NO2. The van der Waals surface area contributed by atoms with E-state index in [9.17, 15) is 4.79 Å². The maximum atomic E-state index is 10.3. The van der Waals surface area contributed by atoms with Crippen molar-refractivity contribution in [1.29, 1.82) is 0 Å². The number of rotatable bonds is 3. The van der Waals surface area contributed by atoms with Crippen LogP contribution in [0.4, 0.5) is 5.69 Å². The van der Waals surface area contributed by atoms with Crippen LogP contribution in [-0.4, -0.2) is 13.5 Å². The maximum Gasteiger partial charge on any atom is 0.238 e. The molecule has 0 heterocycles. The fourth-order valence-electron chi connectivity index (χ4n) is 0.719. The lowest BCUT2D eigenvalue weighted by atomic mass is 10.3. The average molecular weight is 150 g/mol. The highest BCUT2D eigenvalue weighted by atomic mass is 16.7. The lowest BCUT2D eigenvalue weighted by Gasteiger charge is -2.12. The van der Waals surface area contributed by atoms with Crippen molar-refractivity contribution in [1.82, 2.24) is 0 Å². The van der Waals surface area contributed by atoms with Crippen molar-refractivity contribution in [3.05, 3.63) is 30.3 Å². The van der Waals surface area contributed by atoms with E-state index >= 15 is 0 Å². The number of carbonyl (C=O) groups excluding carboxylic acids is 1. The largest absolute Gasteiger partial charge is 0.276 e. The van der Waals surface area contributed by atoms with E-state index in [0.29, 0.717) is 12.1 Å². The van der Waals surface area contributed by atoms with Crippen molar-refractivity contribution in [3.8, 4) is 0 Å². The molecule has 0 bridgehead atoms. The summed E-state index contributed by atoms with van der Waals surface area (Å²) in [6.07, 6.45) is 0.589. The van der Waals surface area contributed by atoms with Gasteiger partial charge in [0.1, 0.15) is 0 Å². The van der Waals surface area contributed by atoms with Crippen LogP contribution in [0.3, 0.4) is 0 Å². The summed E-state index contributed by atoms with van der Waals surface area (Å²) in [5, 5.41) is 1.10. The molecule has 0 aliphatic heterocycles. The van der Waals surface area contributed by atoms with Gasteiger partial charge in [0.2, 0.25) is 6.41 Å². The molecule has 0 aromatic heterocycles. The third-order valence-corrected chi connectivity index (χ3v) is 1.22. The molecular weight excluding hydrogens is 142 g/mol. The summed E-state index contributed by atoms with van der Waals surface area (Å²) in [6.45, 7) is 0. The van der Waals surface area contributed by atoms with Gasteiger partial charge in [-0.3, -0.25) is 9.63 Å². The molecule has 0 aliphatic carbocycles. The van der Waals surface area contributed by atoms with Crippen LogP contribution in [0.1, 0.15) is 0 Å². The second kappa shape index (κ2) is 3.73. The molecule has 1 aromatic carbocycles. The van der Waals surface area contributed by atoms with Gasteiger partial charge < -0.3 is 0 Å². The Balaban J connectivity index is 2.82. The van der Waals surface area contributed by atoms with E-state index in [4.69, 9.17) is 4.84 Å². The highest BCUT2D eigenvalue weighted by Gasteiger charge is 2.00. The Labute approximate surface area is 65.2 Å². The van der Waals surface area contributed by atoms with Crippen molar-refractivity contribution in [2.24, 2.45) is 0 Å². The third-order valence-electron chi connectivity index (χ3n) is 1.22. The molecule has 11 heavy (non-hydrogen) atoms. The van der Waals surface area contributed by atoms with E-state index in [-0.39, 0.29) is 0 Å². The summed E-state index contributed by atoms with van der Waals surface area (Å²) in [4.78, 5) is 15.0. The predicted octanol–water partition coefficient (Wildman–Crippen LogP) is 1.01. The van der Waals surface area contributed by atoms with E-state index in [0.717, 1.165) is 5.06 Å². The lowest BCUT2D eigenvalue weighted by molar-refractivity contribution is -0.112. The minimum atomic E-state index is 0.589. The Morgan fingerprint density at radius 3 is 2.91 bits per heavy atom. The Bertz CT molecular complexity index is 223. The Morgan fingerprint density at radius 2 is 2.45 bits per heavy atom. The van der Waals surface area contributed by atoms with Crippen LogP contribution in [0.5, 0.6) is 0 Å². The van der Waals surface area contributed by atoms with Gasteiger partial charge in [0, 0.05) is 6.07 Å². The van der Waals surface area contributed by atoms with Gasteiger partial charge in [0.15, 0.2) is 0 Å². The fourth-order valence-corrected chi connectivity index (χ4v) is 0.719. The molecule has 0 atom stereocenters. The molecule has 0 saturated carbocycles. The van der Waals surface area contributed by atoms with E-state index in [2.05, 4.69) is 6.07 Å². The molecule has 0 spiro atoms. The molecule has 1 rings (SSSR count). The van der Waals surface area contributed by atoms with Gasteiger partial charge in [-0.25, -0.2) is 0 Å². The molecule has 1 aromatic rings. The minimum Gasteiger partial charge on any atom is -0.276 e. The third kappa shape index (κ3) is 1.78. The number of benzene rings is 1. The first kappa shape index (κ1) is 7.75. The van der Waals surface area contributed by atoms with Crippen LogP contribution < -0.4 is 5.06 Å². The van der Waals surface area contributed by atoms with Gasteiger partial charge in [0.25, 0.3) is 0 Å². The highest BCUT2D eigenvalue weighted by molar-refractivity contribution is 5.71. The van der Waals surface area contributed by atoms with Crippen LogP contribution in [-0.2, 0) is 9.63 Å². The van der Waals surface area contributed by atoms with Crippen molar-refractivity contribution in [3.63, 3.8) is 0 Å². The van der Waals surface area contributed by atoms with E-state index in [1.54, 1.807) is 18.2 Å². The average Bonchev–Trinajstić information content (AvgIpc) is 2.09. The zero-order valence-electron chi connectivity index (χ0n) is 6.15. The van der Waals surface area contributed by atoms with Crippen molar-refractivity contribution in [2.45, 2.75) is 0 Å². The summed E-state index contributed by atoms with van der Waals surface area (Å²) in [5.74, 6) is 0. The topological polar surface area (TPSA) is 29.5 Å². The van der Waals surface area contributed by atoms with Gasteiger partial charge in [-0.1, -0.05) is 18.2 Å². The molecule has 1 amide bonds. The standard InChI is InChI=1S/C8H8NO2/c1-11-9(7-10)8-5-3-2-4-6-8/h2-5,7H,1H3. The van der Waals surface area contributed by atoms with Crippen LogP contribution in [0, 0.1) is 6.07 Å². The number of amides is 1. The van der Waals surface area contributed by atoms with Gasteiger partial charge in [0.05, 0.1) is 12.8 Å². The predicted molar refractivity (Wildman–Crippen MR) is 40.8 cm³/mol. The number of carbonyl (C=O) groups is 1. The van der Waals surface area contributed by atoms with E-state index in [1.165, 1.54) is 7.11 Å². The monoisotopic (exact) mass is 150 g/mol. The zero-order valence-corrected chi connectivity index (χ0v) is 6.15. The van der Waals surface area contributed by atoms with Gasteiger partial charge in [-0.15, -0.1) is 0 Å². The second-order valence-electron chi connectivity index (χ2n) is 1.86. The zero-order chi connectivity index (χ0) is 8.10.